The predicted molar refractivity (Wildman–Crippen MR) is 73.3 cm³/mol. The van der Waals surface area contributed by atoms with E-state index in [0.717, 1.165) is 26.1 Å². The summed E-state index contributed by atoms with van der Waals surface area (Å²) >= 11 is 0. The molecule has 0 saturated heterocycles. The highest BCUT2D eigenvalue weighted by Crippen LogP contribution is 2.13. The zero-order valence-corrected chi connectivity index (χ0v) is 10.7. The van der Waals surface area contributed by atoms with Crippen LogP contribution in [-0.2, 0) is 6.54 Å². The molecular weight excluding hydrogens is 208 g/mol. The predicted octanol–water partition coefficient (Wildman–Crippen LogP) is 3.48. The normalized spacial score (nSPS) is 15.8. The van der Waals surface area contributed by atoms with Crippen LogP contribution in [-0.4, -0.2) is 23.8 Å². The van der Waals surface area contributed by atoms with E-state index in [9.17, 15) is 0 Å². The van der Waals surface area contributed by atoms with Crippen LogP contribution in [0, 0.1) is 0 Å². The molecule has 0 radical (unpaired) electrons. The molecule has 0 unspecified atom stereocenters. The van der Waals surface area contributed by atoms with Gasteiger partial charge in [0.15, 0.2) is 0 Å². The van der Waals surface area contributed by atoms with Gasteiger partial charge in [0.25, 0.3) is 0 Å². The molecule has 2 nitrogen and oxygen atoms in total. The van der Waals surface area contributed by atoms with Crippen molar-refractivity contribution in [2.75, 3.05) is 13.1 Å². The number of aliphatic imine (C=N–C) groups is 1. The summed E-state index contributed by atoms with van der Waals surface area (Å²) in [5.74, 6) is 1.32. The lowest BCUT2D eigenvalue weighted by atomic mass is 10.1. The Kier molecular flexibility index (Phi) is 4.60. The molecule has 0 spiro atoms. The van der Waals surface area contributed by atoms with Crippen LogP contribution < -0.4 is 0 Å². The number of unbranched alkanes of at least 4 members (excludes halogenated alkanes) is 1. The third-order valence-electron chi connectivity index (χ3n) is 3.22. The van der Waals surface area contributed by atoms with Crippen LogP contribution in [0.25, 0.3) is 0 Å². The second kappa shape index (κ2) is 6.43. The van der Waals surface area contributed by atoms with Crippen LogP contribution in [0.2, 0.25) is 0 Å². The van der Waals surface area contributed by atoms with Gasteiger partial charge < -0.3 is 4.90 Å². The van der Waals surface area contributed by atoms with Crippen LogP contribution >= 0.6 is 0 Å². The van der Waals surface area contributed by atoms with E-state index >= 15 is 0 Å². The second-order valence-corrected chi connectivity index (χ2v) is 4.66. The summed E-state index contributed by atoms with van der Waals surface area (Å²) in [5.41, 5.74) is 1.39. The maximum Gasteiger partial charge on any atom is 0.0991 e. The van der Waals surface area contributed by atoms with E-state index < -0.39 is 0 Å². The van der Waals surface area contributed by atoms with Crippen molar-refractivity contribution in [3.8, 4) is 0 Å². The van der Waals surface area contributed by atoms with E-state index in [0.29, 0.717) is 0 Å². The Hall–Kier alpha value is -1.31. The summed E-state index contributed by atoms with van der Waals surface area (Å²) in [7, 11) is 0. The third-order valence-corrected chi connectivity index (χ3v) is 3.22. The van der Waals surface area contributed by atoms with Crippen molar-refractivity contribution < 1.29 is 0 Å². The fourth-order valence-corrected chi connectivity index (χ4v) is 2.24. The maximum atomic E-state index is 4.69. The summed E-state index contributed by atoms with van der Waals surface area (Å²) in [6, 6.07) is 10.7. The molecule has 92 valence electrons. The molecule has 0 aliphatic carbocycles. The van der Waals surface area contributed by atoms with Crippen molar-refractivity contribution in [3.05, 3.63) is 35.9 Å². The van der Waals surface area contributed by atoms with Crippen molar-refractivity contribution in [1.29, 1.82) is 0 Å². The lowest BCUT2D eigenvalue weighted by Gasteiger charge is -2.29. The number of hydrogen-bond acceptors (Lipinski definition) is 2. The topological polar surface area (TPSA) is 15.6 Å². The molecular formula is C15H22N2. The molecule has 1 aromatic carbocycles. The van der Waals surface area contributed by atoms with E-state index in [1.165, 1.54) is 30.7 Å². The summed E-state index contributed by atoms with van der Waals surface area (Å²) in [5, 5.41) is 0. The lowest BCUT2D eigenvalue weighted by molar-refractivity contribution is 0.378. The van der Waals surface area contributed by atoms with Gasteiger partial charge >= 0.3 is 0 Å². The molecule has 0 fully saturated rings. The van der Waals surface area contributed by atoms with Gasteiger partial charge in [-0.05, 0) is 18.4 Å². The first-order chi connectivity index (χ1) is 8.40. The van der Waals surface area contributed by atoms with Gasteiger partial charge in [0.2, 0.25) is 0 Å². The van der Waals surface area contributed by atoms with Crippen LogP contribution in [0.5, 0.6) is 0 Å². The Balaban J connectivity index is 1.98. The molecule has 0 saturated carbocycles. The van der Waals surface area contributed by atoms with Crippen molar-refractivity contribution in [2.24, 2.45) is 4.99 Å². The van der Waals surface area contributed by atoms with Gasteiger partial charge in [-0.1, -0.05) is 43.7 Å². The minimum atomic E-state index is 1.02. The van der Waals surface area contributed by atoms with Gasteiger partial charge in [-0.15, -0.1) is 0 Å². The lowest BCUT2D eigenvalue weighted by Crippen LogP contribution is -2.35. The van der Waals surface area contributed by atoms with Gasteiger partial charge in [-0.3, -0.25) is 4.99 Å². The number of benzene rings is 1. The van der Waals surface area contributed by atoms with Crippen LogP contribution in [0.15, 0.2) is 35.3 Å². The molecule has 0 atom stereocenters. The summed E-state index contributed by atoms with van der Waals surface area (Å²) < 4.78 is 0. The smallest absolute Gasteiger partial charge is 0.0991 e. The average molecular weight is 230 g/mol. The summed E-state index contributed by atoms with van der Waals surface area (Å²) in [6.07, 6.45) is 4.84. The molecule has 2 heteroatoms. The molecule has 1 aliphatic rings. The fourth-order valence-electron chi connectivity index (χ4n) is 2.24. The highest BCUT2D eigenvalue weighted by atomic mass is 15.2. The molecule has 0 bridgehead atoms. The molecule has 1 heterocycles. The Bertz CT molecular complexity index is 356. The second-order valence-electron chi connectivity index (χ2n) is 4.66. The standard InChI is InChI=1S/C15H22N2/c1-2-3-10-15-16-11-7-12-17(15)13-14-8-5-4-6-9-14/h4-6,8-9H,2-3,7,10-13H2,1H3. The molecule has 1 aromatic rings. The van der Waals surface area contributed by atoms with Gasteiger partial charge in [0.05, 0.1) is 5.84 Å². The zero-order valence-electron chi connectivity index (χ0n) is 10.7. The highest BCUT2D eigenvalue weighted by Gasteiger charge is 2.14. The molecule has 0 N–H and O–H groups in total. The van der Waals surface area contributed by atoms with Gasteiger partial charge in [0.1, 0.15) is 0 Å². The molecule has 0 amide bonds. The van der Waals surface area contributed by atoms with Crippen molar-refractivity contribution in [1.82, 2.24) is 4.90 Å². The third kappa shape index (κ3) is 3.58. The molecule has 2 rings (SSSR count). The SMILES string of the molecule is CCCCC1=NCCCN1Cc1ccccc1. The minimum absolute atomic E-state index is 1.02. The van der Waals surface area contributed by atoms with E-state index in [2.05, 4.69) is 47.1 Å². The number of nitrogens with zero attached hydrogens (tertiary/aromatic N) is 2. The van der Waals surface area contributed by atoms with Crippen molar-refractivity contribution >= 4 is 5.84 Å². The Morgan fingerprint density at radius 3 is 2.82 bits per heavy atom. The van der Waals surface area contributed by atoms with Gasteiger partial charge in [-0.2, -0.15) is 0 Å². The summed E-state index contributed by atoms with van der Waals surface area (Å²) in [6.45, 7) is 5.44. The monoisotopic (exact) mass is 230 g/mol. The quantitative estimate of drug-likeness (QED) is 0.756. The zero-order chi connectivity index (χ0) is 11.9. The average Bonchev–Trinajstić information content (AvgIpc) is 2.39. The van der Waals surface area contributed by atoms with E-state index in [1.54, 1.807) is 0 Å². The number of hydrogen-bond donors (Lipinski definition) is 0. The van der Waals surface area contributed by atoms with Gasteiger partial charge in [-0.25, -0.2) is 0 Å². The number of amidine groups is 1. The molecule has 1 aliphatic heterocycles. The van der Waals surface area contributed by atoms with Crippen molar-refractivity contribution in [3.63, 3.8) is 0 Å². The highest BCUT2D eigenvalue weighted by molar-refractivity contribution is 5.82. The van der Waals surface area contributed by atoms with Crippen LogP contribution in [0.1, 0.15) is 38.2 Å². The minimum Gasteiger partial charge on any atom is -0.356 e. The molecule has 17 heavy (non-hydrogen) atoms. The Labute approximate surface area is 104 Å². The van der Waals surface area contributed by atoms with Crippen molar-refractivity contribution in [2.45, 2.75) is 39.2 Å². The largest absolute Gasteiger partial charge is 0.356 e. The molecule has 0 aromatic heterocycles. The van der Waals surface area contributed by atoms with Gasteiger partial charge in [0, 0.05) is 26.1 Å². The first-order valence-electron chi connectivity index (χ1n) is 6.72. The number of rotatable bonds is 5. The summed E-state index contributed by atoms with van der Waals surface area (Å²) in [4.78, 5) is 7.14. The Morgan fingerprint density at radius 1 is 1.24 bits per heavy atom. The maximum absolute atomic E-state index is 4.69. The fraction of sp³-hybridized carbons (Fsp3) is 0.533. The van der Waals surface area contributed by atoms with E-state index in [-0.39, 0.29) is 0 Å². The van der Waals surface area contributed by atoms with Crippen LogP contribution in [0.3, 0.4) is 0 Å². The van der Waals surface area contributed by atoms with Crippen LogP contribution in [0.4, 0.5) is 0 Å². The van der Waals surface area contributed by atoms with E-state index in [4.69, 9.17) is 0 Å². The Morgan fingerprint density at radius 2 is 2.06 bits per heavy atom. The van der Waals surface area contributed by atoms with E-state index in [1.807, 2.05) is 0 Å². The first kappa shape index (κ1) is 12.2. The first-order valence-corrected chi connectivity index (χ1v) is 6.72.